The summed E-state index contributed by atoms with van der Waals surface area (Å²) in [4.78, 5) is 12.6. The highest BCUT2D eigenvalue weighted by Crippen LogP contribution is 2.25. The number of nitrogens with one attached hydrogen (secondary N) is 2. The number of rotatable bonds is 4. The summed E-state index contributed by atoms with van der Waals surface area (Å²) < 4.78 is 7.30. The molecule has 3 rings (SSSR count). The number of piperidine rings is 1. The van der Waals surface area contributed by atoms with E-state index in [1.165, 1.54) is 0 Å². The molecule has 0 atom stereocenters. The zero-order valence-corrected chi connectivity index (χ0v) is 13.8. The predicted molar refractivity (Wildman–Crippen MR) is 91.3 cm³/mol. The number of aromatic nitrogens is 2. The SMILES string of the molecule is COC1(C(=O)Nc2cccc(-n3cccn3)c2)CCNCC1.Cl. The smallest absolute Gasteiger partial charge is 0.256 e. The molecule has 1 aliphatic heterocycles. The third-order valence-corrected chi connectivity index (χ3v) is 4.09. The number of anilines is 1. The van der Waals surface area contributed by atoms with Gasteiger partial charge in [-0.3, -0.25) is 4.79 Å². The summed E-state index contributed by atoms with van der Waals surface area (Å²) in [6, 6.07) is 9.47. The molecule has 1 aliphatic rings. The van der Waals surface area contributed by atoms with E-state index in [-0.39, 0.29) is 18.3 Å². The number of ether oxygens (including phenoxy) is 1. The highest BCUT2D eigenvalue weighted by Gasteiger charge is 2.39. The van der Waals surface area contributed by atoms with Crippen LogP contribution in [0.25, 0.3) is 5.69 Å². The maximum atomic E-state index is 12.6. The normalized spacial score (nSPS) is 16.4. The molecule has 2 aromatic rings. The molecule has 23 heavy (non-hydrogen) atoms. The number of carbonyl (C=O) groups is 1. The van der Waals surface area contributed by atoms with E-state index < -0.39 is 5.60 Å². The minimum Gasteiger partial charge on any atom is -0.368 e. The molecule has 0 saturated carbocycles. The Labute approximate surface area is 141 Å². The van der Waals surface area contributed by atoms with Crippen molar-refractivity contribution < 1.29 is 9.53 Å². The molecule has 2 heterocycles. The summed E-state index contributed by atoms with van der Waals surface area (Å²) in [5.41, 5.74) is 0.903. The fourth-order valence-electron chi connectivity index (χ4n) is 2.75. The quantitative estimate of drug-likeness (QED) is 0.896. The van der Waals surface area contributed by atoms with Gasteiger partial charge in [0.1, 0.15) is 5.60 Å². The largest absolute Gasteiger partial charge is 0.368 e. The van der Waals surface area contributed by atoms with E-state index in [1.54, 1.807) is 18.0 Å². The van der Waals surface area contributed by atoms with Crippen LogP contribution >= 0.6 is 12.4 Å². The van der Waals surface area contributed by atoms with Crippen molar-refractivity contribution in [3.63, 3.8) is 0 Å². The minimum absolute atomic E-state index is 0. The van der Waals surface area contributed by atoms with Crippen LogP contribution in [-0.2, 0) is 9.53 Å². The summed E-state index contributed by atoms with van der Waals surface area (Å²) in [5, 5.41) is 10.4. The molecular weight excluding hydrogens is 316 g/mol. The molecule has 1 fully saturated rings. The van der Waals surface area contributed by atoms with Crippen molar-refractivity contribution in [3.8, 4) is 5.69 Å². The fraction of sp³-hybridized carbons (Fsp3) is 0.375. The van der Waals surface area contributed by atoms with Gasteiger partial charge in [-0.05, 0) is 50.2 Å². The van der Waals surface area contributed by atoms with Crippen LogP contribution in [0.15, 0.2) is 42.7 Å². The minimum atomic E-state index is -0.743. The Bertz CT molecular complexity index is 639. The van der Waals surface area contributed by atoms with Crippen molar-refractivity contribution in [2.45, 2.75) is 18.4 Å². The third kappa shape index (κ3) is 3.72. The number of nitrogens with zero attached hydrogens (tertiary/aromatic N) is 2. The fourth-order valence-corrected chi connectivity index (χ4v) is 2.75. The first-order valence-corrected chi connectivity index (χ1v) is 7.41. The van der Waals surface area contributed by atoms with Gasteiger partial charge in [0.25, 0.3) is 5.91 Å². The van der Waals surface area contributed by atoms with Crippen LogP contribution in [0.1, 0.15) is 12.8 Å². The number of hydrogen-bond donors (Lipinski definition) is 2. The second-order valence-corrected chi connectivity index (χ2v) is 5.40. The lowest BCUT2D eigenvalue weighted by molar-refractivity contribution is -0.140. The molecular formula is C16H21ClN4O2. The van der Waals surface area contributed by atoms with Crippen LogP contribution < -0.4 is 10.6 Å². The van der Waals surface area contributed by atoms with Gasteiger partial charge in [0.15, 0.2) is 0 Å². The molecule has 2 N–H and O–H groups in total. The number of benzene rings is 1. The lowest BCUT2D eigenvalue weighted by atomic mass is 9.91. The molecule has 0 bridgehead atoms. The lowest BCUT2D eigenvalue weighted by Gasteiger charge is -2.34. The summed E-state index contributed by atoms with van der Waals surface area (Å²) in [5.74, 6) is -0.0888. The first-order chi connectivity index (χ1) is 10.7. The van der Waals surface area contributed by atoms with Crippen molar-refractivity contribution in [2.75, 3.05) is 25.5 Å². The topological polar surface area (TPSA) is 68.2 Å². The molecule has 1 amide bonds. The van der Waals surface area contributed by atoms with Gasteiger partial charge in [-0.25, -0.2) is 4.68 Å². The Balaban J connectivity index is 0.00000192. The number of amides is 1. The molecule has 1 aromatic carbocycles. The Hall–Kier alpha value is -1.89. The summed E-state index contributed by atoms with van der Waals surface area (Å²) in [6.45, 7) is 1.57. The molecule has 6 nitrogen and oxygen atoms in total. The predicted octanol–water partition coefficient (Wildman–Crippen LogP) is 2.00. The van der Waals surface area contributed by atoms with E-state index in [2.05, 4.69) is 15.7 Å². The van der Waals surface area contributed by atoms with Crippen LogP contribution in [0, 0.1) is 0 Å². The Morgan fingerprint density at radius 2 is 2.13 bits per heavy atom. The zero-order chi connectivity index (χ0) is 15.4. The van der Waals surface area contributed by atoms with Gasteiger partial charge in [-0.15, -0.1) is 12.4 Å². The first-order valence-electron chi connectivity index (χ1n) is 7.41. The highest BCUT2D eigenvalue weighted by molar-refractivity contribution is 5.97. The molecule has 0 aliphatic carbocycles. The Morgan fingerprint density at radius 3 is 2.78 bits per heavy atom. The number of methoxy groups -OCH3 is 1. The Morgan fingerprint density at radius 1 is 1.35 bits per heavy atom. The standard InChI is InChI=1S/C16H20N4O2.ClH/c1-22-16(6-9-17-10-7-16)15(21)19-13-4-2-5-14(12-13)20-11-3-8-18-20;/h2-5,8,11-12,17H,6-7,9-10H2,1H3,(H,19,21);1H. The molecule has 7 heteroatoms. The van der Waals surface area contributed by atoms with Gasteiger partial charge in [-0.1, -0.05) is 6.07 Å². The molecule has 0 radical (unpaired) electrons. The maximum absolute atomic E-state index is 12.6. The van der Waals surface area contributed by atoms with Gasteiger partial charge in [0.05, 0.1) is 5.69 Å². The van der Waals surface area contributed by atoms with Crippen LogP contribution in [0.3, 0.4) is 0 Å². The monoisotopic (exact) mass is 336 g/mol. The molecule has 0 spiro atoms. The van der Waals surface area contributed by atoms with Gasteiger partial charge in [-0.2, -0.15) is 5.10 Å². The number of carbonyl (C=O) groups excluding carboxylic acids is 1. The average molecular weight is 337 g/mol. The molecule has 1 saturated heterocycles. The molecule has 124 valence electrons. The molecule has 1 aromatic heterocycles. The van der Waals surface area contributed by atoms with E-state index >= 15 is 0 Å². The van der Waals surface area contributed by atoms with Crippen LogP contribution in [-0.4, -0.2) is 41.5 Å². The van der Waals surface area contributed by atoms with Crippen molar-refractivity contribution >= 4 is 24.0 Å². The van der Waals surface area contributed by atoms with Crippen LogP contribution in [0.4, 0.5) is 5.69 Å². The van der Waals surface area contributed by atoms with E-state index in [0.29, 0.717) is 12.8 Å². The average Bonchev–Trinajstić information content (AvgIpc) is 3.10. The highest BCUT2D eigenvalue weighted by atomic mass is 35.5. The van der Waals surface area contributed by atoms with Gasteiger partial charge >= 0.3 is 0 Å². The maximum Gasteiger partial charge on any atom is 0.256 e. The van der Waals surface area contributed by atoms with Crippen molar-refractivity contribution in [3.05, 3.63) is 42.7 Å². The van der Waals surface area contributed by atoms with Crippen molar-refractivity contribution in [1.29, 1.82) is 0 Å². The number of hydrogen-bond acceptors (Lipinski definition) is 4. The van der Waals surface area contributed by atoms with Crippen LogP contribution in [0.5, 0.6) is 0 Å². The van der Waals surface area contributed by atoms with E-state index in [9.17, 15) is 4.79 Å². The summed E-state index contributed by atoms with van der Waals surface area (Å²) in [6.07, 6.45) is 4.94. The lowest BCUT2D eigenvalue weighted by Crippen LogP contribution is -2.51. The van der Waals surface area contributed by atoms with E-state index in [0.717, 1.165) is 24.5 Å². The van der Waals surface area contributed by atoms with Crippen molar-refractivity contribution in [2.24, 2.45) is 0 Å². The first kappa shape index (κ1) is 17.5. The molecule has 0 unspecified atom stereocenters. The van der Waals surface area contributed by atoms with E-state index in [4.69, 9.17) is 4.74 Å². The van der Waals surface area contributed by atoms with Gasteiger partial charge in [0, 0.05) is 25.2 Å². The summed E-state index contributed by atoms with van der Waals surface area (Å²) >= 11 is 0. The third-order valence-electron chi connectivity index (χ3n) is 4.09. The van der Waals surface area contributed by atoms with Crippen LogP contribution in [0.2, 0.25) is 0 Å². The second kappa shape index (κ2) is 7.59. The van der Waals surface area contributed by atoms with E-state index in [1.807, 2.05) is 36.5 Å². The number of halogens is 1. The summed E-state index contributed by atoms with van der Waals surface area (Å²) in [7, 11) is 1.60. The second-order valence-electron chi connectivity index (χ2n) is 5.40. The Kier molecular flexibility index (Phi) is 5.76. The van der Waals surface area contributed by atoms with Crippen molar-refractivity contribution in [1.82, 2.24) is 15.1 Å². The zero-order valence-electron chi connectivity index (χ0n) is 13.0. The van der Waals surface area contributed by atoms with Gasteiger partial charge in [0.2, 0.25) is 0 Å². The van der Waals surface area contributed by atoms with Gasteiger partial charge < -0.3 is 15.4 Å².